The Balaban J connectivity index is 1.80. The Morgan fingerprint density at radius 1 is 1.27 bits per heavy atom. The maximum absolute atomic E-state index is 11.8. The molecule has 0 fully saturated rings. The molecule has 116 valence electrons. The molecule has 0 saturated carbocycles. The van der Waals surface area contributed by atoms with Crippen molar-refractivity contribution in [2.45, 2.75) is 11.4 Å². The van der Waals surface area contributed by atoms with Crippen LogP contribution in [-0.2, 0) is 11.3 Å². The molecule has 1 N–H and O–H groups in total. The predicted molar refractivity (Wildman–Crippen MR) is 94.7 cm³/mol. The van der Waals surface area contributed by atoms with Crippen LogP contribution >= 0.6 is 39.3 Å². The summed E-state index contributed by atoms with van der Waals surface area (Å²) >= 11 is 11.0. The highest BCUT2D eigenvalue weighted by atomic mass is 79.9. The lowest BCUT2D eigenvalue weighted by molar-refractivity contribution is -0.123. The van der Waals surface area contributed by atoms with Gasteiger partial charge in [-0.1, -0.05) is 39.7 Å². The van der Waals surface area contributed by atoms with Crippen molar-refractivity contribution in [3.05, 3.63) is 57.5 Å². The zero-order chi connectivity index (χ0) is 15.9. The van der Waals surface area contributed by atoms with Gasteiger partial charge in [0.2, 0.25) is 0 Å². The second-order valence-electron chi connectivity index (χ2n) is 4.49. The number of nitrogens with one attached hydrogen (secondary N) is 1. The van der Waals surface area contributed by atoms with Gasteiger partial charge < -0.3 is 10.1 Å². The fourth-order valence-corrected chi connectivity index (χ4v) is 2.87. The van der Waals surface area contributed by atoms with Gasteiger partial charge in [0, 0.05) is 15.9 Å². The Bertz CT molecular complexity index is 649. The van der Waals surface area contributed by atoms with E-state index in [1.807, 2.05) is 36.6 Å². The van der Waals surface area contributed by atoms with Crippen molar-refractivity contribution in [1.29, 1.82) is 0 Å². The molecule has 0 atom stereocenters. The van der Waals surface area contributed by atoms with Crippen LogP contribution in [-0.4, -0.2) is 18.8 Å². The summed E-state index contributed by atoms with van der Waals surface area (Å²) in [6.45, 7) is 0.412. The van der Waals surface area contributed by atoms with E-state index >= 15 is 0 Å². The van der Waals surface area contributed by atoms with Crippen LogP contribution < -0.4 is 10.1 Å². The third kappa shape index (κ3) is 5.23. The molecule has 0 aliphatic carbocycles. The van der Waals surface area contributed by atoms with Gasteiger partial charge in [-0.05, 0) is 42.2 Å². The van der Waals surface area contributed by atoms with Crippen LogP contribution in [0.15, 0.2) is 51.8 Å². The van der Waals surface area contributed by atoms with Gasteiger partial charge in [0.15, 0.2) is 6.61 Å². The van der Waals surface area contributed by atoms with Crippen molar-refractivity contribution >= 4 is 45.2 Å². The fraction of sp³-hybridized carbons (Fsp3) is 0.188. The van der Waals surface area contributed by atoms with Crippen LogP contribution in [0.1, 0.15) is 5.56 Å². The van der Waals surface area contributed by atoms with Gasteiger partial charge in [0.1, 0.15) is 5.75 Å². The lowest BCUT2D eigenvalue weighted by Gasteiger charge is -2.09. The van der Waals surface area contributed by atoms with E-state index in [-0.39, 0.29) is 12.5 Å². The summed E-state index contributed by atoms with van der Waals surface area (Å²) in [5, 5.41) is 3.28. The summed E-state index contributed by atoms with van der Waals surface area (Å²) in [7, 11) is 0. The molecule has 3 nitrogen and oxygen atoms in total. The first-order valence-electron chi connectivity index (χ1n) is 6.56. The molecule has 0 radical (unpaired) electrons. The van der Waals surface area contributed by atoms with E-state index in [2.05, 4.69) is 21.2 Å². The summed E-state index contributed by atoms with van der Waals surface area (Å²) in [4.78, 5) is 13.0. The van der Waals surface area contributed by atoms with Gasteiger partial charge >= 0.3 is 0 Å². The maximum atomic E-state index is 11.8. The Labute approximate surface area is 147 Å². The number of hydrogen-bond donors (Lipinski definition) is 1. The van der Waals surface area contributed by atoms with Crippen molar-refractivity contribution in [1.82, 2.24) is 5.32 Å². The number of benzene rings is 2. The average molecular weight is 401 g/mol. The maximum Gasteiger partial charge on any atom is 0.258 e. The SMILES string of the molecule is CSc1ccc(CNC(=O)COc2ccc(Br)cc2Cl)cc1. The Hall–Kier alpha value is -1.17. The number of thioether (sulfide) groups is 1. The Kier molecular flexibility index (Phi) is 6.61. The number of ether oxygens (including phenoxy) is 1. The first-order valence-corrected chi connectivity index (χ1v) is 8.95. The van der Waals surface area contributed by atoms with Crippen LogP contribution in [0.25, 0.3) is 0 Å². The van der Waals surface area contributed by atoms with E-state index in [9.17, 15) is 4.79 Å². The Morgan fingerprint density at radius 2 is 2.00 bits per heavy atom. The zero-order valence-corrected chi connectivity index (χ0v) is 15.1. The Morgan fingerprint density at radius 3 is 2.64 bits per heavy atom. The number of amides is 1. The van der Waals surface area contributed by atoms with Crippen LogP contribution in [0, 0.1) is 0 Å². The molecule has 0 saturated heterocycles. The number of rotatable bonds is 6. The molecule has 2 rings (SSSR count). The van der Waals surface area contributed by atoms with E-state index in [1.54, 1.807) is 23.9 Å². The highest BCUT2D eigenvalue weighted by Crippen LogP contribution is 2.27. The first kappa shape index (κ1) is 17.2. The minimum absolute atomic E-state index is 0.0652. The third-order valence-corrected chi connectivity index (χ3v) is 4.43. The summed E-state index contributed by atoms with van der Waals surface area (Å²) in [6, 6.07) is 13.3. The van der Waals surface area contributed by atoms with E-state index in [0.717, 1.165) is 10.0 Å². The highest BCUT2D eigenvalue weighted by Gasteiger charge is 2.06. The van der Waals surface area contributed by atoms with Crippen molar-refractivity contribution in [2.75, 3.05) is 12.9 Å². The average Bonchev–Trinajstić information content (AvgIpc) is 2.52. The predicted octanol–water partition coefficient (Wildman–Crippen LogP) is 4.52. The fourth-order valence-electron chi connectivity index (χ4n) is 1.73. The second kappa shape index (κ2) is 8.46. The minimum Gasteiger partial charge on any atom is -0.482 e. The van der Waals surface area contributed by atoms with E-state index in [4.69, 9.17) is 16.3 Å². The molecule has 0 unspecified atom stereocenters. The molecule has 2 aromatic carbocycles. The third-order valence-electron chi connectivity index (χ3n) is 2.90. The van der Waals surface area contributed by atoms with Gasteiger partial charge in [-0.3, -0.25) is 4.79 Å². The van der Waals surface area contributed by atoms with Gasteiger partial charge in [0.25, 0.3) is 5.91 Å². The summed E-state index contributed by atoms with van der Waals surface area (Å²) in [5.74, 6) is 0.303. The summed E-state index contributed by atoms with van der Waals surface area (Å²) < 4.78 is 6.27. The summed E-state index contributed by atoms with van der Waals surface area (Å²) in [5.41, 5.74) is 1.05. The van der Waals surface area contributed by atoms with Gasteiger partial charge in [-0.2, -0.15) is 0 Å². The smallest absolute Gasteiger partial charge is 0.258 e. The highest BCUT2D eigenvalue weighted by molar-refractivity contribution is 9.10. The topological polar surface area (TPSA) is 38.3 Å². The monoisotopic (exact) mass is 399 g/mol. The minimum atomic E-state index is -0.187. The molecule has 2 aromatic rings. The van der Waals surface area contributed by atoms with E-state index in [1.165, 1.54) is 4.90 Å². The van der Waals surface area contributed by atoms with Crippen LogP contribution in [0.3, 0.4) is 0 Å². The molecule has 6 heteroatoms. The van der Waals surface area contributed by atoms with Crippen molar-refractivity contribution in [3.63, 3.8) is 0 Å². The molecule has 22 heavy (non-hydrogen) atoms. The van der Waals surface area contributed by atoms with Crippen LogP contribution in [0.5, 0.6) is 5.75 Å². The number of carbonyl (C=O) groups is 1. The molecule has 0 spiro atoms. The number of halogens is 2. The number of hydrogen-bond acceptors (Lipinski definition) is 3. The molecule has 0 aliphatic rings. The van der Waals surface area contributed by atoms with Crippen LogP contribution in [0.4, 0.5) is 0 Å². The zero-order valence-electron chi connectivity index (χ0n) is 11.9. The van der Waals surface area contributed by atoms with Crippen molar-refractivity contribution in [2.24, 2.45) is 0 Å². The summed E-state index contributed by atoms with van der Waals surface area (Å²) in [6.07, 6.45) is 2.03. The lowest BCUT2D eigenvalue weighted by atomic mass is 10.2. The quantitative estimate of drug-likeness (QED) is 0.725. The standard InChI is InChI=1S/C16H15BrClNO2S/c1-22-13-5-2-11(3-6-13)9-19-16(20)10-21-15-7-4-12(17)8-14(15)18/h2-8H,9-10H2,1H3,(H,19,20). The molecule has 0 aromatic heterocycles. The molecular formula is C16H15BrClNO2S. The molecule has 0 heterocycles. The van der Waals surface area contributed by atoms with Crippen LogP contribution in [0.2, 0.25) is 5.02 Å². The van der Waals surface area contributed by atoms with Gasteiger partial charge in [0.05, 0.1) is 5.02 Å². The van der Waals surface area contributed by atoms with E-state index < -0.39 is 0 Å². The van der Waals surface area contributed by atoms with Gasteiger partial charge in [-0.15, -0.1) is 11.8 Å². The second-order valence-corrected chi connectivity index (χ2v) is 6.69. The molecule has 1 amide bonds. The van der Waals surface area contributed by atoms with Crippen molar-refractivity contribution < 1.29 is 9.53 Å². The molecular weight excluding hydrogens is 386 g/mol. The van der Waals surface area contributed by atoms with E-state index in [0.29, 0.717) is 17.3 Å². The lowest BCUT2D eigenvalue weighted by Crippen LogP contribution is -2.28. The largest absolute Gasteiger partial charge is 0.482 e. The molecule has 0 aliphatic heterocycles. The normalized spacial score (nSPS) is 10.3. The molecule has 0 bridgehead atoms. The van der Waals surface area contributed by atoms with Crippen molar-refractivity contribution in [3.8, 4) is 5.75 Å². The first-order chi connectivity index (χ1) is 10.6. The van der Waals surface area contributed by atoms with Gasteiger partial charge in [-0.25, -0.2) is 0 Å². The number of carbonyl (C=O) groups excluding carboxylic acids is 1.